The minimum Gasteiger partial charge on any atom is -0.721 e. The molecule has 0 bridgehead atoms. The van der Waals surface area contributed by atoms with E-state index < -0.39 is 0 Å². The highest BCUT2D eigenvalue weighted by Gasteiger charge is 2.25. The molecule has 1 unspecified atom stereocenters. The maximum Gasteiger partial charge on any atom is 0.381 e. The summed E-state index contributed by atoms with van der Waals surface area (Å²) in [4.78, 5) is 33.1. The zero-order valence-corrected chi connectivity index (χ0v) is 58.9. The average molecular weight is 1430 g/mol. The number of hydrogen-bond acceptors (Lipinski definition) is 24. The molecule has 1 atom stereocenters. The molecule has 16 aromatic rings. The molecule has 104 heavy (non-hydrogen) atoms. The second-order valence-corrected chi connectivity index (χ2v) is 23.4. The summed E-state index contributed by atoms with van der Waals surface area (Å²) >= 11 is 5.78. The standard InChI is InChI=1S/C12H13N5O.C10H15N6O.C8H7N3O.C7H6ClN3.3C7H7N3.C6H6N4.C2H5N3.CH4/c1-7-5-11(18)14-15-12(7)8-3-4-9-10(6-8)17(2)16-13-9;1-13(2)10(14(3)4)15-8-6-5-7-11-9(8)16(17)12-15;1-11-8(12)6-4-2-3-5-7(6)9-10-11;1-11-7-4-5(8)2-3-6(7)9-10-11;3*1-10-7-5-3-2-4-6(7)8-9-10;1-10-6-5(8-9-10)3-2-4-7-6;1-2-4-5-3-1;/h3-4,6-7H,5H2,1-2H3,(H,14,18);5-7H,1-4H3;2-5H,1H3;2-4H,1H3;3*2-5H,1H3;2-4H,1H3;1-5H;1H4/q;+1;;;;;;;;. The summed E-state index contributed by atoms with van der Waals surface area (Å²) in [5.41, 5.74) is 25.3. The Morgan fingerprint density at radius 2 is 0.952 bits per heavy atom. The van der Waals surface area contributed by atoms with Crippen LogP contribution in [0.5, 0.6) is 0 Å². The van der Waals surface area contributed by atoms with Gasteiger partial charge in [-0.2, -0.15) is 10.6 Å². The number of nitrogens with one attached hydrogen (secondary N) is 4. The number of aromatic nitrogens is 26. The number of carbonyl (C=O) groups excluding carboxylic acids is 1. The molecule has 2 aliphatic rings. The Bertz CT molecular complexity index is 5400. The van der Waals surface area contributed by atoms with Crippen LogP contribution in [-0.2, 0) is 54.1 Å². The predicted molar refractivity (Wildman–Crippen MR) is 395 cm³/mol. The molecule has 0 fully saturated rings. The van der Waals surface area contributed by atoms with Crippen molar-refractivity contribution in [2.75, 3.05) is 28.2 Å². The minimum absolute atomic E-state index is 0. The van der Waals surface area contributed by atoms with Gasteiger partial charge in [-0.3, -0.25) is 19.1 Å². The van der Waals surface area contributed by atoms with Crippen LogP contribution in [-0.4, -0.2) is 180 Å². The highest BCUT2D eigenvalue weighted by molar-refractivity contribution is 6.31. The van der Waals surface area contributed by atoms with Crippen molar-refractivity contribution < 1.29 is 14.2 Å². The van der Waals surface area contributed by atoms with Crippen LogP contribution in [0.4, 0.5) is 0 Å². The number of benzene rings is 6. The van der Waals surface area contributed by atoms with Gasteiger partial charge in [0, 0.05) is 96.1 Å². The van der Waals surface area contributed by atoms with E-state index in [-0.39, 0.29) is 24.8 Å². The van der Waals surface area contributed by atoms with Crippen molar-refractivity contribution >= 4 is 118 Å². The fourth-order valence-electron chi connectivity index (χ4n) is 10.1. The normalized spacial score (nSPS) is 12.4. The summed E-state index contributed by atoms with van der Waals surface area (Å²) in [6, 6.07) is 49.5. The lowest BCUT2D eigenvalue weighted by molar-refractivity contribution is -0.647. The number of rotatable bonds is 1. The van der Waals surface area contributed by atoms with Crippen molar-refractivity contribution in [2.24, 2.45) is 60.4 Å². The number of hydrazone groups is 1. The lowest BCUT2D eigenvalue weighted by Gasteiger charge is -2.19. The zero-order chi connectivity index (χ0) is 73.1. The van der Waals surface area contributed by atoms with E-state index in [0.717, 1.165) is 83.6 Å². The fourth-order valence-corrected chi connectivity index (χ4v) is 10.3. The summed E-state index contributed by atoms with van der Waals surface area (Å²) in [5.74, 6) is 0.879. The van der Waals surface area contributed by atoms with E-state index >= 15 is 0 Å². The Morgan fingerprint density at radius 3 is 1.46 bits per heavy atom. The number of nitrogens with zero attached hydrogens (tertiary/aromatic N) is 29. The largest absolute Gasteiger partial charge is 0.721 e. The number of para-hydroxylation sites is 3. The van der Waals surface area contributed by atoms with Crippen LogP contribution in [0.25, 0.3) is 88.4 Å². The third-order valence-electron chi connectivity index (χ3n) is 15.1. The minimum atomic E-state index is -0.111. The summed E-state index contributed by atoms with van der Waals surface area (Å²) in [6.07, 6.45) is 7.31. The second-order valence-electron chi connectivity index (χ2n) is 23.0. The van der Waals surface area contributed by atoms with Gasteiger partial charge in [0.25, 0.3) is 5.56 Å². The van der Waals surface area contributed by atoms with E-state index in [4.69, 9.17) is 11.6 Å². The molecule has 0 radical (unpaired) electrons. The molecule has 0 saturated carbocycles. The Morgan fingerprint density at radius 1 is 0.519 bits per heavy atom. The van der Waals surface area contributed by atoms with Gasteiger partial charge in [0.2, 0.25) is 11.4 Å². The van der Waals surface area contributed by atoms with Crippen molar-refractivity contribution in [3.05, 3.63) is 209 Å². The smallest absolute Gasteiger partial charge is 0.381 e. The average Bonchev–Trinajstić information content (AvgIpc) is 1.62. The van der Waals surface area contributed by atoms with Gasteiger partial charge < -0.3 is 16.1 Å². The number of pyridine rings is 2. The van der Waals surface area contributed by atoms with E-state index in [2.05, 4.69) is 114 Å². The van der Waals surface area contributed by atoms with E-state index in [1.807, 2.05) is 220 Å². The summed E-state index contributed by atoms with van der Waals surface area (Å²) in [7, 11) is 20.3. The van der Waals surface area contributed by atoms with Crippen molar-refractivity contribution in [3.63, 3.8) is 0 Å². The highest BCUT2D eigenvalue weighted by Crippen LogP contribution is 2.21. The first-order chi connectivity index (χ1) is 49.7. The van der Waals surface area contributed by atoms with Gasteiger partial charge in [0.1, 0.15) is 44.8 Å². The Kier molecular flexibility index (Phi) is 25.1. The van der Waals surface area contributed by atoms with Crippen molar-refractivity contribution in [2.45, 2.75) is 20.8 Å². The molecule has 12 heterocycles. The molecule has 4 N–H and O–H groups in total. The lowest BCUT2D eigenvalue weighted by Crippen LogP contribution is -2.39. The van der Waals surface area contributed by atoms with Crippen LogP contribution in [0.2, 0.25) is 5.02 Å². The Balaban J connectivity index is 0.000000138. The number of fused-ring (bicyclic) bond motifs is 8. The molecule has 0 aliphatic carbocycles. The molecular weight excluding hydrogens is 1350 g/mol. The number of carbonyl (C=O) groups is 1. The van der Waals surface area contributed by atoms with Gasteiger partial charge in [-0.05, 0) is 103 Å². The topological polar surface area (TPSA) is 386 Å². The molecule has 0 spiro atoms. The molecule has 10 aromatic heterocycles. The molecule has 0 saturated heterocycles. The maximum absolute atomic E-state index is 11.6. The third-order valence-corrected chi connectivity index (χ3v) is 15.3. The zero-order valence-electron chi connectivity index (χ0n) is 58.2. The monoisotopic (exact) mass is 1430 g/mol. The van der Waals surface area contributed by atoms with E-state index in [1.54, 1.807) is 88.9 Å². The van der Waals surface area contributed by atoms with E-state index in [0.29, 0.717) is 38.4 Å². The molecular formula is C67H77ClN33O3+. The number of hydrogen-bond donors (Lipinski definition) is 4. The second kappa shape index (κ2) is 35.0. The molecule has 36 nitrogen and oxygen atoms in total. The predicted octanol–water partition coefficient (Wildman–Crippen LogP) is 4.86. The van der Waals surface area contributed by atoms with Gasteiger partial charge >= 0.3 is 11.6 Å². The molecule has 6 aromatic carbocycles. The molecule has 1 amide bonds. The fraction of sp³-hybridized carbons (Fsp3) is 0.224. The summed E-state index contributed by atoms with van der Waals surface area (Å²) < 4.78 is 15.0. The number of aryl methyl sites for hydroxylation is 7. The Labute approximate surface area is 598 Å². The van der Waals surface area contributed by atoms with Crippen molar-refractivity contribution in [1.82, 2.24) is 152 Å². The highest BCUT2D eigenvalue weighted by atomic mass is 35.5. The summed E-state index contributed by atoms with van der Waals surface area (Å²) in [6.45, 7) is 2.00. The molecule has 2 aliphatic heterocycles. The van der Waals surface area contributed by atoms with E-state index in [1.165, 1.54) is 4.68 Å². The van der Waals surface area contributed by atoms with Gasteiger partial charge in [-0.15, -0.1) is 45.5 Å². The van der Waals surface area contributed by atoms with Gasteiger partial charge in [-0.25, -0.2) is 43.2 Å². The first-order valence-corrected chi connectivity index (χ1v) is 31.9. The van der Waals surface area contributed by atoms with E-state index in [9.17, 15) is 14.8 Å². The quantitative estimate of drug-likeness (QED) is 0.0738. The van der Waals surface area contributed by atoms with Crippen LogP contribution in [0.15, 0.2) is 192 Å². The van der Waals surface area contributed by atoms with Crippen molar-refractivity contribution in [1.29, 1.82) is 0 Å². The maximum atomic E-state index is 11.6. The summed E-state index contributed by atoms with van der Waals surface area (Å²) in [5, 5.41) is 75.3. The van der Waals surface area contributed by atoms with Crippen LogP contribution >= 0.6 is 11.6 Å². The van der Waals surface area contributed by atoms with Crippen LogP contribution < -0.4 is 32.2 Å². The van der Waals surface area contributed by atoms with Crippen molar-refractivity contribution in [3.8, 4) is 0 Å². The first-order valence-electron chi connectivity index (χ1n) is 31.5. The first kappa shape index (κ1) is 74.7. The van der Waals surface area contributed by atoms with Gasteiger partial charge in [0.05, 0.1) is 66.9 Å². The van der Waals surface area contributed by atoms with Gasteiger partial charge in [-0.1, -0.05) is 122 Å². The Hall–Kier alpha value is -13.5. The van der Waals surface area contributed by atoms with Crippen LogP contribution in [0, 0.1) is 11.1 Å². The van der Waals surface area contributed by atoms with Gasteiger partial charge in [0.15, 0.2) is 5.65 Å². The lowest BCUT2D eigenvalue weighted by atomic mass is 9.94. The van der Waals surface area contributed by atoms with Crippen LogP contribution in [0.3, 0.4) is 0 Å². The number of hydrazine groups is 2. The SMILES string of the molecule is C.C1=CNNN1.CC1CC(=O)NN=C1c1ccc2nnn(C)c2c1.CN(C)C(n1n[n+]([O-])c2ncccc21)=[N+](C)C.Cn1nnc2ccc(Cl)cc21.Cn1nnc2ccccc21.Cn1nnc2ccccc21.Cn1nnc2ccccc21.Cn1nnc2ccccc2c1=O.Cn1nnc2cccnc21. The van der Waals surface area contributed by atoms with Crippen LogP contribution in [0.1, 0.15) is 26.3 Å². The third kappa shape index (κ3) is 18.5. The number of halogens is 1. The molecule has 18 rings (SSSR count). The number of amides is 1. The molecule has 37 heteroatoms. The molecule has 534 valence electrons.